The first kappa shape index (κ1) is 28.4. The van der Waals surface area contributed by atoms with Crippen molar-refractivity contribution < 1.29 is 41.4 Å². The largest absolute Gasteiger partial charge is 0.506 e. The molecule has 0 saturated heterocycles. The molecule has 0 amide bonds. The number of ether oxygens (including phenoxy) is 1. The fourth-order valence-electron chi connectivity index (χ4n) is 3.48. The standard InChI is InChI=1S/C15H16O3S.C10H6O2S.H2O4S/c1-4-18-15(17)14-12(16)10(3)13(19-14)11-8-6-5-7-9(11)2;11-7-5-13-10-6-3-1-2-4-8(6)12-9(7)10;1-5(2,3)4/h5-8,16H,4H2,1-3H3;1-4H,5H2;(H2,1,2,3,4). The second-order valence-corrected chi connectivity index (χ2v) is 10.6. The Balaban J connectivity index is 0.000000181. The molecule has 37 heavy (non-hydrogen) atoms. The van der Waals surface area contributed by atoms with Crippen LogP contribution in [0.15, 0.2) is 57.8 Å². The Morgan fingerprint density at radius 2 is 1.70 bits per heavy atom. The molecule has 2 aromatic carbocycles. The van der Waals surface area contributed by atoms with Gasteiger partial charge in [-0.25, -0.2) is 4.79 Å². The Morgan fingerprint density at radius 1 is 1.08 bits per heavy atom. The number of hydrogen-bond acceptors (Lipinski definition) is 9. The van der Waals surface area contributed by atoms with E-state index in [0.717, 1.165) is 37.4 Å². The van der Waals surface area contributed by atoms with Crippen molar-refractivity contribution in [3.05, 3.63) is 70.3 Å². The molecule has 0 unspecified atom stereocenters. The predicted octanol–water partition coefficient (Wildman–Crippen LogP) is 5.98. The summed E-state index contributed by atoms with van der Waals surface area (Å²) in [6.07, 6.45) is 0. The molecule has 0 fully saturated rings. The second kappa shape index (κ2) is 11.9. The molecule has 0 radical (unpaired) electrons. The molecular formula is C25H24O9S3. The molecule has 0 atom stereocenters. The minimum atomic E-state index is -4.67. The number of thioether (sulfide) groups is 1. The fraction of sp³-hybridized carbons (Fsp3) is 0.200. The van der Waals surface area contributed by atoms with Crippen LogP contribution in [0.1, 0.15) is 38.3 Å². The lowest BCUT2D eigenvalue weighted by Gasteiger charge is -2.03. The van der Waals surface area contributed by atoms with Crippen LogP contribution in [0.4, 0.5) is 0 Å². The van der Waals surface area contributed by atoms with E-state index in [1.165, 1.54) is 11.3 Å². The predicted molar refractivity (Wildman–Crippen MR) is 142 cm³/mol. The summed E-state index contributed by atoms with van der Waals surface area (Å²) in [5.74, 6) is 0.746. The van der Waals surface area contributed by atoms with Crippen molar-refractivity contribution in [2.24, 2.45) is 0 Å². The highest BCUT2D eigenvalue weighted by Crippen LogP contribution is 2.42. The van der Waals surface area contributed by atoms with Crippen LogP contribution < -0.4 is 0 Å². The first-order valence-electron chi connectivity index (χ1n) is 10.8. The van der Waals surface area contributed by atoms with Crippen LogP contribution in [0, 0.1) is 13.8 Å². The normalized spacial score (nSPS) is 12.3. The molecule has 1 aliphatic heterocycles. The number of benzene rings is 2. The van der Waals surface area contributed by atoms with Crippen molar-refractivity contribution in [2.75, 3.05) is 12.4 Å². The highest BCUT2D eigenvalue weighted by atomic mass is 32.3. The fourth-order valence-corrected chi connectivity index (χ4v) is 5.68. The third-order valence-corrected chi connectivity index (χ3v) is 7.51. The smallest absolute Gasteiger partial charge is 0.394 e. The summed E-state index contributed by atoms with van der Waals surface area (Å²) in [6.45, 7) is 5.87. The molecule has 196 valence electrons. The zero-order valence-electron chi connectivity index (χ0n) is 20.0. The van der Waals surface area contributed by atoms with Gasteiger partial charge in [-0.1, -0.05) is 36.4 Å². The van der Waals surface area contributed by atoms with Crippen molar-refractivity contribution in [3.8, 4) is 16.2 Å². The first-order chi connectivity index (χ1) is 17.4. The molecule has 12 heteroatoms. The lowest BCUT2D eigenvalue weighted by Crippen LogP contribution is -2.02. The highest BCUT2D eigenvalue weighted by molar-refractivity contribution is 8.00. The molecule has 1 aliphatic rings. The van der Waals surface area contributed by atoms with Gasteiger partial charge in [-0.15, -0.1) is 23.1 Å². The van der Waals surface area contributed by atoms with Crippen LogP contribution in [0.3, 0.4) is 0 Å². The maximum atomic E-state index is 11.8. The third kappa shape index (κ3) is 6.99. The number of Topliss-reactive ketones (excluding diaryl/α,β-unsaturated/α-hetero) is 1. The number of aromatic hydroxyl groups is 1. The minimum Gasteiger partial charge on any atom is -0.506 e. The van der Waals surface area contributed by atoms with Gasteiger partial charge >= 0.3 is 16.4 Å². The van der Waals surface area contributed by atoms with E-state index in [4.69, 9.17) is 26.7 Å². The molecule has 0 bridgehead atoms. The van der Waals surface area contributed by atoms with Gasteiger partial charge in [0.15, 0.2) is 10.6 Å². The van der Waals surface area contributed by atoms with Crippen LogP contribution in [0.25, 0.3) is 21.4 Å². The van der Waals surface area contributed by atoms with Gasteiger partial charge < -0.3 is 14.3 Å². The molecule has 3 N–H and O–H groups in total. The minimum absolute atomic E-state index is 0.0294. The number of ketones is 1. The van der Waals surface area contributed by atoms with Gasteiger partial charge in [0.2, 0.25) is 5.78 Å². The van der Waals surface area contributed by atoms with Gasteiger partial charge in [0.05, 0.1) is 17.3 Å². The number of hydrogen-bond donors (Lipinski definition) is 3. The summed E-state index contributed by atoms with van der Waals surface area (Å²) >= 11 is 2.85. The third-order valence-electron chi connectivity index (χ3n) is 5.12. The van der Waals surface area contributed by atoms with Crippen LogP contribution in [-0.2, 0) is 15.1 Å². The van der Waals surface area contributed by atoms with Crippen molar-refractivity contribution in [2.45, 2.75) is 25.7 Å². The van der Waals surface area contributed by atoms with E-state index in [9.17, 15) is 14.7 Å². The van der Waals surface area contributed by atoms with E-state index in [1.807, 2.05) is 62.4 Å². The Morgan fingerprint density at radius 3 is 2.35 bits per heavy atom. The van der Waals surface area contributed by atoms with Gasteiger partial charge in [0, 0.05) is 15.8 Å². The summed E-state index contributed by atoms with van der Waals surface area (Å²) < 4.78 is 42.0. The first-order valence-corrected chi connectivity index (χ1v) is 14.0. The van der Waals surface area contributed by atoms with Crippen LogP contribution >= 0.6 is 23.1 Å². The van der Waals surface area contributed by atoms with Crippen LogP contribution in [0.2, 0.25) is 0 Å². The molecule has 0 spiro atoms. The number of aryl methyl sites for hydroxylation is 1. The lowest BCUT2D eigenvalue weighted by atomic mass is 10.0. The number of para-hydroxylation sites is 1. The molecule has 5 rings (SSSR count). The summed E-state index contributed by atoms with van der Waals surface area (Å²) in [4.78, 5) is 25.3. The SMILES string of the molecule is CCOC(=O)c1sc(-c2ccccc2C)c(C)c1O.O=C1CSc2c1oc1ccccc21.O=S(=O)(O)O. The summed E-state index contributed by atoms with van der Waals surface area (Å²) in [6, 6.07) is 15.7. The van der Waals surface area contributed by atoms with Gasteiger partial charge in [-0.05, 0) is 44.0 Å². The topological polar surface area (TPSA) is 151 Å². The average Bonchev–Trinajstić information content (AvgIpc) is 3.47. The van der Waals surface area contributed by atoms with E-state index in [1.54, 1.807) is 18.7 Å². The Kier molecular flexibility index (Phi) is 9.16. The summed E-state index contributed by atoms with van der Waals surface area (Å²) in [5.41, 5.74) is 3.69. The molecule has 2 aromatic heterocycles. The molecule has 4 aromatic rings. The summed E-state index contributed by atoms with van der Waals surface area (Å²) in [5, 5.41) is 11.1. The number of esters is 1. The maximum absolute atomic E-state index is 11.8. The lowest BCUT2D eigenvalue weighted by molar-refractivity contribution is 0.0529. The van der Waals surface area contributed by atoms with Gasteiger partial charge in [-0.2, -0.15) is 8.42 Å². The molecular weight excluding hydrogens is 540 g/mol. The number of furan rings is 1. The quantitative estimate of drug-likeness (QED) is 0.200. The van der Waals surface area contributed by atoms with Crippen LogP contribution in [-0.4, -0.2) is 46.7 Å². The average molecular weight is 565 g/mol. The van der Waals surface area contributed by atoms with E-state index < -0.39 is 16.4 Å². The number of thiophene rings is 1. The zero-order chi connectivity index (χ0) is 27.3. The summed E-state index contributed by atoms with van der Waals surface area (Å²) in [7, 11) is -4.67. The second-order valence-electron chi connectivity index (χ2n) is 7.69. The zero-order valence-corrected chi connectivity index (χ0v) is 22.5. The highest BCUT2D eigenvalue weighted by Gasteiger charge is 2.27. The number of fused-ring (bicyclic) bond motifs is 3. The molecule has 0 aliphatic carbocycles. The molecule has 3 heterocycles. The van der Waals surface area contributed by atoms with Crippen LogP contribution in [0.5, 0.6) is 5.75 Å². The maximum Gasteiger partial charge on any atom is 0.394 e. The van der Waals surface area contributed by atoms with E-state index >= 15 is 0 Å². The van der Waals surface area contributed by atoms with Gasteiger partial charge in [0.25, 0.3) is 0 Å². The van der Waals surface area contributed by atoms with Crippen molar-refractivity contribution >= 4 is 56.2 Å². The van der Waals surface area contributed by atoms with E-state index in [0.29, 0.717) is 18.1 Å². The monoisotopic (exact) mass is 564 g/mol. The number of rotatable bonds is 3. The number of carbonyl (C=O) groups excluding carboxylic acids is 2. The van der Waals surface area contributed by atoms with Crippen molar-refractivity contribution in [3.63, 3.8) is 0 Å². The van der Waals surface area contributed by atoms with E-state index in [2.05, 4.69) is 0 Å². The van der Waals surface area contributed by atoms with Gasteiger partial charge in [0.1, 0.15) is 11.3 Å². The Labute approximate surface area is 221 Å². The Hall–Kier alpha value is -3.16. The molecule has 0 saturated carbocycles. The number of carbonyl (C=O) groups is 2. The molecule has 9 nitrogen and oxygen atoms in total. The van der Waals surface area contributed by atoms with Crippen molar-refractivity contribution in [1.29, 1.82) is 0 Å². The van der Waals surface area contributed by atoms with Gasteiger partial charge in [-0.3, -0.25) is 13.9 Å². The van der Waals surface area contributed by atoms with E-state index in [-0.39, 0.29) is 16.4 Å². The Bertz CT molecular complexity index is 1540. The van der Waals surface area contributed by atoms with Crippen molar-refractivity contribution in [1.82, 2.24) is 0 Å².